The van der Waals surface area contributed by atoms with Crippen molar-refractivity contribution in [3.8, 4) is 39.6 Å². The van der Waals surface area contributed by atoms with Crippen LogP contribution in [0.1, 0.15) is 63.8 Å². The summed E-state index contributed by atoms with van der Waals surface area (Å²) in [5, 5.41) is 0. The van der Waals surface area contributed by atoms with Gasteiger partial charge in [0.15, 0.2) is 23.1 Å². The minimum absolute atomic E-state index is 0.0217. The van der Waals surface area contributed by atoms with Gasteiger partial charge in [-0.05, 0) is 85.8 Å². The Labute approximate surface area is 305 Å². The lowest BCUT2D eigenvalue weighted by Crippen LogP contribution is -2.76. The number of nitrogens with zero attached hydrogens (tertiary/aromatic N) is 4. The largest absolute Gasteiger partial charge is 0.449 e. The molecule has 1 spiro atoms. The fraction of sp³-hybridized carbons (Fsp3) is 0.191. The van der Waals surface area contributed by atoms with Crippen LogP contribution >= 0.6 is 0 Å². The number of ether oxygens (including phenoxy) is 1. The maximum Gasteiger partial charge on any atom is 0.449 e. The van der Waals surface area contributed by atoms with Gasteiger partial charge >= 0.3 is 11.5 Å². The van der Waals surface area contributed by atoms with Crippen LogP contribution < -0.4 is 18.9 Å². The molecular weight excluding hydrogens is 637 g/mol. The van der Waals surface area contributed by atoms with E-state index in [4.69, 9.17) is 4.74 Å². The maximum atomic E-state index is 6.80. The van der Waals surface area contributed by atoms with E-state index in [1.54, 1.807) is 0 Å². The Morgan fingerprint density at radius 3 is 1.85 bits per heavy atom. The SMILES string of the molecule is CC(C)(C)c1cc(N2c3cccc4c3C3(c5c2cccc5-n2cc(-c5ccc(-c6ccccc6)cc5)c[n+]23)[n+]2ccccc2O4)cc(C(C)(C)C)c1. The third-order valence-corrected chi connectivity index (χ3v) is 11.2. The smallest absolute Gasteiger partial charge is 0.404 e. The molecule has 1 atom stereocenters. The Hall–Kier alpha value is -5.94. The Bertz CT molecular complexity index is 2540. The quantitative estimate of drug-likeness (QED) is 0.174. The predicted octanol–water partition coefficient (Wildman–Crippen LogP) is 10.5. The Morgan fingerprint density at radius 2 is 1.15 bits per heavy atom. The Balaban J connectivity index is 1.25. The zero-order valence-corrected chi connectivity index (χ0v) is 30.6. The van der Waals surface area contributed by atoms with Gasteiger partial charge in [0, 0.05) is 11.8 Å². The minimum atomic E-state index is -0.722. The van der Waals surface area contributed by atoms with E-state index in [9.17, 15) is 0 Å². The molecule has 52 heavy (non-hydrogen) atoms. The van der Waals surface area contributed by atoms with E-state index in [0.29, 0.717) is 0 Å². The van der Waals surface area contributed by atoms with Gasteiger partial charge < -0.3 is 9.64 Å². The molecule has 5 aromatic carbocycles. The molecule has 0 amide bonds. The summed E-state index contributed by atoms with van der Waals surface area (Å²) in [4.78, 5) is 2.48. The van der Waals surface area contributed by atoms with Gasteiger partial charge in [-0.25, -0.2) is 0 Å². The molecule has 0 saturated carbocycles. The molecule has 7 aromatic rings. The van der Waals surface area contributed by atoms with Crippen molar-refractivity contribution in [3.05, 3.63) is 168 Å². The summed E-state index contributed by atoms with van der Waals surface area (Å²) in [5.74, 6) is 1.68. The topological polar surface area (TPSA) is 25.2 Å². The van der Waals surface area contributed by atoms with Crippen molar-refractivity contribution >= 4 is 17.1 Å². The molecular formula is C47H42N4O+2. The Morgan fingerprint density at radius 1 is 0.558 bits per heavy atom. The number of aromatic nitrogens is 3. The third-order valence-electron chi connectivity index (χ3n) is 11.2. The van der Waals surface area contributed by atoms with Crippen LogP contribution in [0.25, 0.3) is 27.9 Å². The van der Waals surface area contributed by atoms with Crippen LogP contribution in [-0.4, -0.2) is 4.68 Å². The average molecular weight is 679 g/mol. The van der Waals surface area contributed by atoms with Gasteiger partial charge in [-0.2, -0.15) is 0 Å². The van der Waals surface area contributed by atoms with Crippen LogP contribution in [0.3, 0.4) is 0 Å². The van der Waals surface area contributed by atoms with Gasteiger partial charge in [-0.1, -0.05) is 119 Å². The molecule has 5 heteroatoms. The zero-order valence-electron chi connectivity index (χ0n) is 30.6. The molecule has 10 rings (SSSR count). The van der Waals surface area contributed by atoms with Crippen LogP contribution in [0.15, 0.2) is 146 Å². The van der Waals surface area contributed by atoms with Crippen molar-refractivity contribution < 1.29 is 14.0 Å². The van der Waals surface area contributed by atoms with E-state index in [0.717, 1.165) is 39.8 Å². The highest BCUT2D eigenvalue weighted by atomic mass is 16.5. The van der Waals surface area contributed by atoms with Gasteiger partial charge in [-0.15, -0.1) is 4.68 Å². The molecule has 0 saturated heterocycles. The second-order valence-electron chi connectivity index (χ2n) is 16.5. The number of hydrogen-bond donors (Lipinski definition) is 0. The third kappa shape index (κ3) is 4.22. The van der Waals surface area contributed by atoms with E-state index in [2.05, 4.69) is 206 Å². The molecule has 5 heterocycles. The highest BCUT2D eigenvalue weighted by molar-refractivity contribution is 5.89. The van der Waals surface area contributed by atoms with Crippen LogP contribution in [0, 0.1) is 0 Å². The van der Waals surface area contributed by atoms with Crippen molar-refractivity contribution in [2.75, 3.05) is 4.90 Å². The molecule has 3 aliphatic heterocycles. The monoisotopic (exact) mass is 678 g/mol. The van der Waals surface area contributed by atoms with Gasteiger partial charge in [0.05, 0.1) is 29.2 Å². The fourth-order valence-corrected chi connectivity index (χ4v) is 8.51. The predicted molar refractivity (Wildman–Crippen MR) is 207 cm³/mol. The minimum Gasteiger partial charge on any atom is -0.404 e. The molecule has 2 aromatic heterocycles. The highest BCUT2D eigenvalue weighted by Gasteiger charge is 2.71. The second kappa shape index (κ2) is 10.5. The molecule has 0 fully saturated rings. The molecule has 3 aliphatic rings. The van der Waals surface area contributed by atoms with E-state index in [1.807, 2.05) is 0 Å². The molecule has 0 radical (unpaired) electrons. The molecule has 0 N–H and O–H groups in total. The first-order valence-electron chi connectivity index (χ1n) is 18.3. The maximum absolute atomic E-state index is 6.80. The standard InChI is InChI=1S/C47H42N4O/c1-45(2,3)35-26-36(46(4,5)6)28-37(27-35)51-39-17-12-16-38-43(39)47(44-40(51)18-13-19-41(44)52-42-20-10-11-25-48(42)47)50-30-34(29-49(38)50)33-23-21-32(22-24-33)31-14-8-7-9-15-31/h7-30H,1-6H3/q+2. The Kier molecular flexibility index (Phi) is 6.26. The number of hydrogen-bond acceptors (Lipinski definition) is 2. The lowest BCUT2D eigenvalue weighted by molar-refractivity contribution is -0.997. The first-order chi connectivity index (χ1) is 25.0. The number of rotatable bonds is 3. The van der Waals surface area contributed by atoms with E-state index in [1.165, 1.54) is 39.1 Å². The first kappa shape index (κ1) is 30.8. The number of anilines is 3. The summed E-state index contributed by atoms with van der Waals surface area (Å²) in [6, 6.07) is 46.3. The van der Waals surface area contributed by atoms with Gasteiger partial charge in [0.25, 0.3) is 0 Å². The molecule has 254 valence electrons. The van der Waals surface area contributed by atoms with Crippen molar-refractivity contribution in [1.82, 2.24) is 4.68 Å². The molecule has 1 unspecified atom stereocenters. The van der Waals surface area contributed by atoms with Crippen molar-refractivity contribution in [2.45, 2.75) is 58.0 Å². The van der Waals surface area contributed by atoms with Gasteiger partial charge in [-0.3, -0.25) is 0 Å². The summed E-state index contributed by atoms with van der Waals surface area (Å²) >= 11 is 0. The zero-order chi connectivity index (χ0) is 35.6. The lowest BCUT2D eigenvalue weighted by atomic mass is 9.79. The lowest BCUT2D eigenvalue weighted by Gasteiger charge is -2.39. The summed E-state index contributed by atoms with van der Waals surface area (Å²) in [6.07, 6.45) is 6.79. The first-order valence-corrected chi connectivity index (χ1v) is 18.3. The average Bonchev–Trinajstić information content (AvgIpc) is 3.70. The van der Waals surface area contributed by atoms with Crippen molar-refractivity contribution in [1.29, 1.82) is 0 Å². The summed E-state index contributed by atoms with van der Waals surface area (Å²) in [5.41, 5.74) is 13.6. The van der Waals surface area contributed by atoms with Crippen LogP contribution in [0.4, 0.5) is 17.1 Å². The van der Waals surface area contributed by atoms with E-state index >= 15 is 0 Å². The number of benzene rings is 5. The van der Waals surface area contributed by atoms with Gasteiger partial charge in [0.2, 0.25) is 6.20 Å². The summed E-state index contributed by atoms with van der Waals surface area (Å²) in [7, 11) is 0. The molecule has 0 bridgehead atoms. The highest BCUT2D eigenvalue weighted by Crippen LogP contribution is 2.58. The van der Waals surface area contributed by atoms with E-state index < -0.39 is 5.66 Å². The number of pyridine rings is 1. The molecule has 0 aliphatic carbocycles. The van der Waals surface area contributed by atoms with Crippen LogP contribution in [0.2, 0.25) is 0 Å². The van der Waals surface area contributed by atoms with Gasteiger partial charge in [0.1, 0.15) is 5.69 Å². The molecule has 5 nitrogen and oxygen atoms in total. The second-order valence-corrected chi connectivity index (χ2v) is 16.5. The van der Waals surface area contributed by atoms with E-state index in [-0.39, 0.29) is 10.8 Å². The van der Waals surface area contributed by atoms with Crippen molar-refractivity contribution in [3.63, 3.8) is 0 Å². The summed E-state index contributed by atoms with van der Waals surface area (Å²) < 4.78 is 13.9. The number of fused-ring (bicyclic) bond motifs is 3. The normalized spacial score (nSPS) is 16.5. The van der Waals surface area contributed by atoms with Crippen LogP contribution in [0.5, 0.6) is 11.6 Å². The van der Waals surface area contributed by atoms with Crippen LogP contribution in [-0.2, 0) is 16.5 Å². The summed E-state index contributed by atoms with van der Waals surface area (Å²) in [6.45, 7) is 13.8. The van der Waals surface area contributed by atoms with Crippen molar-refractivity contribution in [2.24, 2.45) is 0 Å². The fourth-order valence-electron chi connectivity index (χ4n) is 8.51.